The topological polar surface area (TPSA) is 40.5 Å². The maximum atomic E-state index is 11.0. The molecule has 0 bridgehead atoms. The van der Waals surface area contributed by atoms with Gasteiger partial charge in [0.15, 0.2) is 0 Å². The summed E-state index contributed by atoms with van der Waals surface area (Å²) in [5.41, 5.74) is 0.109. The lowest BCUT2D eigenvalue weighted by Crippen LogP contribution is -2.48. The third-order valence-corrected chi connectivity index (χ3v) is 3.03. The normalized spacial score (nSPS) is 16.8. The second-order valence-corrected chi connectivity index (χ2v) is 4.97. The molecule has 3 heteroatoms. The lowest BCUT2D eigenvalue weighted by atomic mass is 9.86. The molecular formula is C11H23NO2. The minimum atomic E-state index is -0.730. The van der Waals surface area contributed by atoms with E-state index in [1.807, 2.05) is 18.9 Å². The number of rotatable bonds is 4. The van der Waals surface area contributed by atoms with Crippen molar-refractivity contribution >= 4 is 5.97 Å². The lowest BCUT2D eigenvalue weighted by molar-refractivity contribution is -0.144. The average molecular weight is 201 g/mol. The van der Waals surface area contributed by atoms with Gasteiger partial charge in [0.05, 0.1) is 0 Å². The maximum Gasteiger partial charge on any atom is 0.320 e. The van der Waals surface area contributed by atoms with Crippen LogP contribution in [0.1, 0.15) is 41.0 Å². The Balaban J connectivity index is 4.58. The second kappa shape index (κ2) is 4.78. The summed E-state index contributed by atoms with van der Waals surface area (Å²) < 4.78 is 0. The summed E-state index contributed by atoms with van der Waals surface area (Å²) in [5, 5.41) is 9.02. The van der Waals surface area contributed by atoms with Gasteiger partial charge in [0.1, 0.15) is 6.04 Å². The predicted octanol–water partition coefficient (Wildman–Crippen LogP) is 2.22. The summed E-state index contributed by atoms with van der Waals surface area (Å²) >= 11 is 0. The summed E-state index contributed by atoms with van der Waals surface area (Å²) in [6.45, 7) is 10.4. The van der Waals surface area contributed by atoms with Crippen LogP contribution in [0.15, 0.2) is 0 Å². The van der Waals surface area contributed by atoms with Crippen LogP contribution in [-0.2, 0) is 4.79 Å². The van der Waals surface area contributed by atoms with Gasteiger partial charge in [-0.05, 0) is 25.8 Å². The fourth-order valence-electron chi connectivity index (χ4n) is 1.52. The van der Waals surface area contributed by atoms with Gasteiger partial charge in [-0.2, -0.15) is 0 Å². The molecule has 0 saturated heterocycles. The monoisotopic (exact) mass is 201 g/mol. The second-order valence-electron chi connectivity index (χ2n) is 4.97. The molecule has 0 aliphatic carbocycles. The van der Waals surface area contributed by atoms with Crippen LogP contribution >= 0.6 is 0 Å². The molecule has 0 radical (unpaired) electrons. The highest BCUT2D eigenvalue weighted by Crippen LogP contribution is 2.25. The van der Waals surface area contributed by atoms with Gasteiger partial charge >= 0.3 is 5.97 Å². The molecule has 2 atom stereocenters. The van der Waals surface area contributed by atoms with Crippen molar-refractivity contribution in [3.8, 4) is 0 Å². The number of carboxylic acid groups (broad SMARTS) is 1. The van der Waals surface area contributed by atoms with Crippen LogP contribution in [0.3, 0.4) is 0 Å². The van der Waals surface area contributed by atoms with Gasteiger partial charge in [-0.15, -0.1) is 0 Å². The Bertz CT molecular complexity index is 196. The van der Waals surface area contributed by atoms with Crippen molar-refractivity contribution in [1.82, 2.24) is 4.90 Å². The average Bonchev–Trinajstić information content (AvgIpc) is 2.01. The standard InChI is InChI=1S/C11H23NO2/c1-7-9(10(13)14)12(6)8(2)11(3,4)5/h8-9H,7H2,1-6H3,(H,13,14). The highest BCUT2D eigenvalue weighted by atomic mass is 16.4. The number of carboxylic acids is 1. The number of hydrogen-bond donors (Lipinski definition) is 1. The van der Waals surface area contributed by atoms with E-state index < -0.39 is 5.97 Å². The molecule has 0 aliphatic heterocycles. The molecule has 0 aliphatic rings. The number of aliphatic carboxylic acids is 1. The first-order valence-corrected chi connectivity index (χ1v) is 5.16. The van der Waals surface area contributed by atoms with E-state index in [9.17, 15) is 4.79 Å². The van der Waals surface area contributed by atoms with Gasteiger partial charge in [0, 0.05) is 6.04 Å². The molecule has 1 N–H and O–H groups in total. The third-order valence-electron chi connectivity index (χ3n) is 3.03. The van der Waals surface area contributed by atoms with Crippen LogP contribution < -0.4 is 0 Å². The summed E-state index contributed by atoms with van der Waals surface area (Å²) in [7, 11) is 1.89. The maximum absolute atomic E-state index is 11.0. The van der Waals surface area contributed by atoms with E-state index in [-0.39, 0.29) is 17.5 Å². The molecule has 0 aromatic heterocycles. The molecule has 0 heterocycles. The van der Waals surface area contributed by atoms with Crippen LogP contribution in [-0.4, -0.2) is 35.1 Å². The van der Waals surface area contributed by atoms with Crippen LogP contribution in [0.25, 0.3) is 0 Å². The molecule has 14 heavy (non-hydrogen) atoms. The first kappa shape index (κ1) is 13.4. The van der Waals surface area contributed by atoms with E-state index >= 15 is 0 Å². The Kier molecular flexibility index (Phi) is 4.59. The SMILES string of the molecule is CCC(C(=O)O)N(C)C(C)C(C)(C)C. The fraction of sp³-hybridized carbons (Fsp3) is 0.909. The smallest absolute Gasteiger partial charge is 0.320 e. The van der Waals surface area contributed by atoms with Crippen LogP contribution in [0.2, 0.25) is 0 Å². The van der Waals surface area contributed by atoms with E-state index in [2.05, 4.69) is 27.7 Å². The summed E-state index contributed by atoms with van der Waals surface area (Å²) in [6, 6.07) is -0.118. The molecule has 0 saturated carbocycles. The summed E-state index contributed by atoms with van der Waals surface area (Å²) in [4.78, 5) is 12.9. The van der Waals surface area contributed by atoms with Gasteiger partial charge in [-0.25, -0.2) is 0 Å². The molecule has 84 valence electrons. The molecule has 0 rings (SSSR count). The van der Waals surface area contributed by atoms with Crippen molar-refractivity contribution in [3.05, 3.63) is 0 Å². The number of hydrogen-bond acceptors (Lipinski definition) is 2. The van der Waals surface area contributed by atoms with Gasteiger partial charge in [-0.1, -0.05) is 27.7 Å². The number of likely N-dealkylation sites (N-methyl/N-ethyl adjacent to an activating group) is 1. The Morgan fingerprint density at radius 3 is 2.07 bits per heavy atom. The highest BCUT2D eigenvalue weighted by Gasteiger charge is 2.30. The minimum Gasteiger partial charge on any atom is -0.480 e. The fourth-order valence-corrected chi connectivity index (χ4v) is 1.52. The van der Waals surface area contributed by atoms with Gasteiger partial charge in [-0.3, -0.25) is 9.69 Å². The van der Waals surface area contributed by atoms with E-state index in [0.29, 0.717) is 6.42 Å². The zero-order valence-corrected chi connectivity index (χ0v) is 10.2. The van der Waals surface area contributed by atoms with Gasteiger partial charge in [0.2, 0.25) is 0 Å². The summed E-state index contributed by atoms with van der Waals surface area (Å²) in [6.07, 6.45) is 0.645. The van der Waals surface area contributed by atoms with Crippen LogP contribution in [0.4, 0.5) is 0 Å². The molecule has 2 unspecified atom stereocenters. The molecule has 0 spiro atoms. The quantitative estimate of drug-likeness (QED) is 0.758. The van der Waals surface area contributed by atoms with Crippen molar-refractivity contribution in [2.45, 2.75) is 53.1 Å². The molecule has 0 amide bonds. The van der Waals surface area contributed by atoms with Crippen molar-refractivity contribution in [2.24, 2.45) is 5.41 Å². The Morgan fingerprint density at radius 2 is 1.86 bits per heavy atom. The minimum absolute atomic E-state index is 0.109. The van der Waals surface area contributed by atoms with E-state index in [1.54, 1.807) is 0 Å². The zero-order chi connectivity index (χ0) is 11.5. The van der Waals surface area contributed by atoms with E-state index in [0.717, 1.165) is 0 Å². The highest BCUT2D eigenvalue weighted by molar-refractivity contribution is 5.73. The first-order chi connectivity index (χ1) is 6.21. The van der Waals surface area contributed by atoms with Crippen molar-refractivity contribution < 1.29 is 9.90 Å². The summed E-state index contributed by atoms with van der Waals surface area (Å²) in [5.74, 6) is -0.730. The largest absolute Gasteiger partial charge is 0.480 e. The predicted molar refractivity (Wildman–Crippen MR) is 58.4 cm³/mol. The van der Waals surface area contributed by atoms with Crippen molar-refractivity contribution in [2.75, 3.05) is 7.05 Å². The van der Waals surface area contributed by atoms with Crippen molar-refractivity contribution in [3.63, 3.8) is 0 Å². The van der Waals surface area contributed by atoms with Crippen LogP contribution in [0.5, 0.6) is 0 Å². The van der Waals surface area contributed by atoms with Gasteiger partial charge in [0.25, 0.3) is 0 Å². The van der Waals surface area contributed by atoms with Crippen molar-refractivity contribution in [1.29, 1.82) is 0 Å². The Labute approximate surface area is 87.1 Å². The molecular weight excluding hydrogens is 178 g/mol. The van der Waals surface area contributed by atoms with E-state index in [4.69, 9.17) is 5.11 Å². The first-order valence-electron chi connectivity index (χ1n) is 5.16. The molecule has 0 fully saturated rings. The Morgan fingerprint density at radius 1 is 1.43 bits per heavy atom. The number of carbonyl (C=O) groups is 1. The van der Waals surface area contributed by atoms with E-state index in [1.165, 1.54) is 0 Å². The zero-order valence-electron chi connectivity index (χ0n) is 10.2. The Hall–Kier alpha value is -0.570. The lowest BCUT2D eigenvalue weighted by Gasteiger charge is -2.38. The van der Waals surface area contributed by atoms with Crippen LogP contribution in [0, 0.1) is 5.41 Å². The number of nitrogens with zero attached hydrogens (tertiary/aromatic N) is 1. The van der Waals surface area contributed by atoms with Gasteiger partial charge < -0.3 is 5.11 Å². The molecule has 0 aromatic carbocycles. The molecule has 3 nitrogen and oxygen atoms in total. The molecule has 0 aromatic rings. The third kappa shape index (κ3) is 3.29.